The standard InChI is InChI=1S/C17H17N3O3/c1-12-9-13-5-2-3-8-16(13)19(12)17(21)11-18-14-6-4-7-15(10-14)20(22)23/h2-8,10,12,18H,9,11H2,1H3/t12-/m1/s1. The molecule has 1 atom stereocenters. The van der Waals surface area contributed by atoms with Crippen LogP contribution in [0.15, 0.2) is 48.5 Å². The van der Waals surface area contributed by atoms with Gasteiger partial charge in [-0.2, -0.15) is 0 Å². The number of nitro groups is 1. The Kier molecular flexibility index (Phi) is 3.97. The van der Waals surface area contributed by atoms with Crippen molar-refractivity contribution in [1.82, 2.24) is 0 Å². The highest BCUT2D eigenvalue weighted by Gasteiger charge is 2.30. The number of para-hydroxylation sites is 1. The molecule has 2 aromatic carbocycles. The van der Waals surface area contributed by atoms with Gasteiger partial charge in [-0.1, -0.05) is 24.3 Å². The number of amides is 1. The van der Waals surface area contributed by atoms with Gasteiger partial charge in [0.15, 0.2) is 0 Å². The van der Waals surface area contributed by atoms with Gasteiger partial charge in [0.05, 0.1) is 11.5 Å². The summed E-state index contributed by atoms with van der Waals surface area (Å²) in [5.74, 6) is -0.0473. The van der Waals surface area contributed by atoms with Gasteiger partial charge in [0.1, 0.15) is 0 Å². The minimum Gasteiger partial charge on any atom is -0.376 e. The summed E-state index contributed by atoms with van der Waals surface area (Å²) < 4.78 is 0. The highest BCUT2D eigenvalue weighted by Crippen LogP contribution is 2.31. The Bertz CT molecular complexity index is 760. The van der Waals surface area contributed by atoms with Crippen LogP contribution in [-0.4, -0.2) is 23.4 Å². The minimum atomic E-state index is -0.453. The van der Waals surface area contributed by atoms with E-state index in [1.54, 1.807) is 17.0 Å². The predicted molar refractivity (Wildman–Crippen MR) is 88.7 cm³/mol. The predicted octanol–water partition coefficient (Wildman–Crippen LogP) is 2.98. The number of fused-ring (bicyclic) bond motifs is 1. The van der Waals surface area contributed by atoms with Crippen LogP contribution < -0.4 is 10.2 Å². The summed E-state index contributed by atoms with van der Waals surface area (Å²) in [4.78, 5) is 24.7. The molecular weight excluding hydrogens is 294 g/mol. The molecule has 1 aliphatic heterocycles. The van der Waals surface area contributed by atoms with Crippen LogP contribution in [0.4, 0.5) is 17.1 Å². The van der Waals surface area contributed by atoms with Crippen molar-refractivity contribution >= 4 is 23.0 Å². The van der Waals surface area contributed by atoms with E-state index in [1.165, 1.54) is 17.7 Å². The molecule has 0 aromatic heterocycles. The van der Waals surface area contributed by atoms with Crippen molar-refractivity contribution in [1.29, 1.82) is 0 Å². The Morgan fingerprint density at radius 3 is 2.87 bits per heavy atom. The quantitative estimate of drug-likeness (QED) is 0.695. The Labute approximate surface area is 133 Å². The first-order chi connectivity index (χ1) is 11.1. The molecule has 2 aromatic rings. The molecule has 0 spiro atoms. The number of hydrogen-bond acceptors (Lipinski definition) is 4. The summed E-state index contributed by atoms with van der Waals surface area (Å²) >= 11 is 0. The fraction of sp³-hybridized carbons (Fsp3) is 0.235. The first-order valence-corrected chi connectivity index (χ1v) is 7.44. The first-order valence-electron chi connectivity index (χ1n) is 7.44. The summed E-state index contributed by atoms with van der Waals surface area (Å²) in [5, 5.41) is 13.8. The van der Waals surface area contributed by atoms with Gasteiger partial charge in [-0.15, -0.1) is 0 Å². The largest absolute Gasteiger partial charge is 0.376 e. The number of carbonyl (C=O) groups is 1. The first kappa shape index (κ1) is 15.0. The maximum Gasteiger partial charge on any atom is 0.271 e. The third kappa shape index (κ3) is 3.01. The summed E-state index contributed by atoms with van der Waals surface area (Å²) in [6, 6.07) is 14.1. The molecule has 1 amide bonds. The maximum atomic E-state index is 12.5. The number of non-ortho nitro benzene ring substituents is 1. The van der Waals surface area contributed by atoms with E-state index in [2.05, 4.69) is 5.32 Å². The van der Waals surface area contributed by atoms with E-state index >= 15 is 0 Å². The Morgan fingerprint density at radius 2 is 2.09 bits per heavy atom. The van der Waals surface area contributed by atoms with Gasteiger partial charge < -0.3 is 10.2 Å². The normalized spacial score (nSPS) is 16.0. The van der Waals surface area contributed by atoms with Crippen molar-refractivity contribution < 1.29 is 9.72 Å². The molecule has 0 aliphatic carbocycles. The van der Waals surface area contributed by atoms with Crippen LogP contribution in [0, 0.1) is 10.1 Å². The van der Waals surface area contributed by atoms with Crippen LogP contribution in [-0.2, 0) is 11.2 Å². The van der Waals surface area contributed by atoms with Gasteiger partial charge >= 0.3 is 0 Å². The number of carbonyl (C=O) groups excluding carboxylic acids is 1. The van der Waals surface area contributed by atoms with Gasteiger partial charge in [0.25, 0.3) is 5.69 Å². The Morgan fingerprint density at radius 1 is 1.30 bits per heavy atom. The molecule has 23 heavy (non-hydrogen) atoms. The molecule has 0 bridgehead atoms. The zero-order valence-electron chi connectivity index (χ0n) is 12.7. The minimum absolute atomic E-state index is 0.00216. The SMILES string of the molecule is C[C@@H]1Cc2ccccc2N1C(=O)CNc1cccc([N+](=O)[O-])c1. The molecule has 3 rings (SSSR count). The number of anilines is 2. The number of rotatable bonds is 4. The van der Waals surface area contributed by atoms with E-state index in [1.807, 2.05) is 31.2 Å². The summed E-state index contributed by atoms with van der Waals surface area (Å²) in [5.41, 5.74) is 2.68. The van der Waals surface area contributed by atoms with Crippen molar-refractivity contribution in [3.05, 3.63) is 64.2 Å². The van der Waals surface area contributed by atoms with Crippen molar-refractivity contribution in [3.8, 4) is 0 Å². The summed E-state index contributed by atoms with van der Waals surface area (Å²) in [6.07, 6.45) is 0.846. The number of hydrogen-bond donors (Lipinski definition) is 1. The lowest BCUT2D eigenvalue weighted by Gasteiger charge is -2.23. The molecule has 6 heteroatoms. The fourth-order valence-corrected chi connectivity index (χ4v) is 2.94. The van der Waals surface area contributed by atoms with E-state index in [0.29, 0.717) is 5.69 Å². The average molecular weight is 311 g/mol. The van der Waals surface area contributed by atoms with Crippen LogP contribution in [0.3, 0.4) is 0 Å². The van der Waals surface area contributed by atoms with Crippen LogP contribution in [0.1, 0.15) is 12.5 Å². The van der Waals surface area contributed by atoms with Crippen LogP contribution in [0.25, 0.3) is 0 Å². The van der Waals surface area contributed by atoms with Crippen molar-refractivity contribution in [2.45, 2.75) is 19.4 Å². The summed E-state index contributed by atoms with van der Waals surface area (Å²) in [7, 11) is 0. The second kappa shape index (κ2) is 6.08. The Balaban J connectivity index is 1.71. The molecule has 1 N–H and O–H groups in total. The average Bonchev–Trinajstić information content (AvgIpc) is 2.88. The van der Waals surface area contributed by atoms with Crippen molar-refractivity contribution in [2.75, 3.05) is 16.8 Å². The zero-order chi connectivity index (χ0) is 16.4. The summed E-state index contributed by atoms with van der Waals surface area (Å²) in [6.45, 7) is 2.12. The molecular formula is C17H17N3O3. The molecule has 0 saturated heterocycles. The third-order valence-electron chi connectivity index (χ3n) is 3.98. The lowest BCUT2D eigenvalue weighted by molar-refractivity contribution is -0.384. The second-order valence-corrected chi connectivity index (χ2v) is 5.61. The van der Waals surface area contributed by atoms with Gasteiger partial charge in [-0.25, -0.2) is 0 Å². The smallest absolute Gasteiger partial charge is 0.271 e. The van der Waals surface area contributed by atoms with Crippen LogP contribution in [0.5, 0.6) is 0 Å². The third-order valence-corrected chi connectivity index (χ3v) is 3.98. The van der Waals surface area contributed by atoms with E-state index in [-0.39, 0.29) is 24.2 Å². The van der Waals surface area contributed by atoms with E-state index in [0.717, 1.165) is 12.1 Å². The molecule has 1 aliphatic rings. The number of nitrogens with one attached hydrogen (secondary N) is 1. The monoisotopic (exact) mass is 311 g/mol. The van der Waals surface area contributed by atoms with Crippen molar-refractivity contribution in [3.63, 3.8) is 0 Å². The molecule has 0 unspecified atom stereocenters. The van der Waals surface area contributed by atoms with E-state index in [9.17, 15) is 14.9 Å². The van der Waals surface area contributed by atoms with Crippen LogP contribution >= 0.6 is 0 Å². The molecule has 0 saturated carbocycles. The van der Waals surface area contributed by atoms with Gasteiger partial charge in [0.2, 0.25) is 5.91 Å². The highest BCUT2D eigenvalue weighted by molar-refractivity contribution is 5.98. The van der Waals surface area contributed by atoms with E-state index in [4.69, 9.17) is 0 Å². The lowest BCUT2D eigenvalue weighted by Crippen LogP contribution is -2.39. The number of benzene rings is 2. The maximum absolute atomic E-state index is 12.5. The van der Waals surface area contributed by atoms with Gasteiger partial charge in [0, 0.05) is 29.5 Å². The topological polar surface area (TPSA) is 75.5 Å². The molecule has 118 valence electrons. The van der Waals surface area contributed by atoms with Crippen molar-refractivity contribution in [2.24, 2.45) is 0 Å². The molecule has 6 nitrogen and oxygen atoms in total. The zero-order valence-corrected chi connectivity index (χ0v) is 12.7. The number of nitro benzene ring substituents is 1. The number of nitrogens with zero attached hydrogens (tertiary/aromatic N) is 2. The molecule has 0 fully saturated rings. The molecule has 1 heterocycles. The highest BCUT2D eigenvalue weighted by atomic mass is 16.6. The second-order valence-electron chi connectivity index (χ2n) is 5.61. The Hall–Kier alpha value is -2.89. The molecule has 0 radical (unpaired) electrons. The van der Waals surface area contributed by atoms with Gasteiger partial charge in [-0.05, 0) is 31.0 Å². The van der Waals surface area contributed by atoms with E-state index < -0.39 is 4.92 Å². The fourth-order valence-electron chi connectivity index (χ4n) is 2.94. The lowest BCUT2D eigenvalue weighted by atomic mass is 10.1. The van der Waals surface area contributed by atoms with Gasteiger partial charge in [-0.3, -0.25) is 14.9 Å². The van der Waals surface area contributed by atoms with Crippen LogP contribution in [0.2, 0.25) is 0 Å².